The molecule has 1 rings (SSSR count). The van der Waals surface area contributed by atoms with Crippen LogP contribution in [0.5, 0.6) is 0 Å². The number of aliphatic hydroxyl groups excluding tert-OH is 1. The van der Waals surface area contributed by atoms with E-state index < -0.39 is 6.23 Å². The average Bonchev–Trinajstić information content (AvgIpc) is 2.52. The number of rotatable bonds is 8. The van der Waals surface area contributed by atoms with Gasteiger partial charge in [-0.25, -0.2) is 0 Å². The predicted octanol–water partition coefficient (Wildman–Crippen LogP) is 3.89. The first-order valence-corrected chi connectivity index (χ1v) is 8.30. The second-order valence-electron chi connectivity index (χ2n) is 5.15. The maximum absolute atomic E-state index is 12.3. The molecule has 0 aliphatic carbocycles. The van der Waals surface area contributed by atoms with Gasteiger partial charge in [-0.1, -0.05) is 45.4 Å². The number of alkyl halides is 1. The normalized spacial score (nSPS) is 12.2. The van der Waals surface area contributed by atoms with E-state index in [2.05, 4.69) is 20.8 Å². The molecule has 0 saturated heterocycles. The summed E-state index contributed by atoms with van der Waals surface area (Å²) < 4.78 is 0. The van der Waals surface area contributed by atoms with Gasteiger partial charge in [0.1, 0.15) is 12.1 Å². The van der Waals surface area contributed by atoms with Gasteiger partial charge < -0.3 is 5.11 Å². The van der Waals surface area contributed by atoms with Gasteiger partial charge in [-0.2, -0.15) is 0 Å². The molecule has 1 aromatic rings. The monoisotopic (exact) mass is 311 g/mol. The number of unbranched alkanes of at least 4 members (excludes halogenated alkanes) is 1. The lowest BCUT2D eigenvalue weighted by Crippen LogP contribution is -2.42. The molecule has 0 aromatic heterocycles. The molecule has 0 aliphatic rings. The molecule has 1 unspecified atom stereocenters. The molecular formula is C17H26ClNO2. The predicted molar refractivity (Wildman–Crippen MR) is 88.9 cm³/mol. The van der Waals surface area contributed by atoms with Crippen LogP contribution in [0, 0.1) is 0 Å². The first kappa shape index (κ1) is 18.0. The Kier molecular flexibility index (Phi) is 7.76. The van der Waals surface area contributed by atoms with E-state index in [1.807, 2.05) is 18.2 Å². The smallest absolute Gasteiger partial charge is 0.244 e. The lowest BCUT2D eigenvalue weighted by molar-refractivity contribution is -0.118. The summed E-state index contributed by atoms with van der Waals surface area (Å²) >= 11 is 5.76. The number of carbonyl (C=O) groups excluding carboxylic acids is 1. The lowest BCUT2D eigenvalue weighted by Gasteiger charge is -2.31. The van der Waals surface area contributed by atoms with Gasteiger partial charge in [-0.3, -0.25) is 9.69 Å². The van der Waals surface area contributed by atoms with Crippen molar-refractivity contribution < 1.29 is 9.90 Å². The van der Waals surface area contributed by atoms with Crippen LogP contribution >= 0.6 is 11.6 Å². The lowest BCUT2D eigenvalue weighted by atomic mass is 10.0. The van der Waals surface area contributed by atoms with Crippen LogP contribution in [0.1, 0.15) is 51.2 Å². The molecule has 0 saturated carbocycles. The van der Waals surface area contributed by atoms with Gasteiger partial charge in [0, 0.05) is 0 Å². The van der Waals surface area contributed by atoms with E-state index >= 15 is 0 Å². The van der Waals surface area contributed by atoms with E-state index in [9.17, 15) is 9.90 Å². The number of hydrogen-bond donors (Lipinski definition) is 1. The molecular weight excluding hydrogens is 286 g/mol. The van der Waals surface area contributed by atoms with Crippen molar-refractivity contribution in [1.82, 2.24) is 0 Å². The highest BCUT2D eigenvalue weighted by Gasteiger charge is 2.26. The van der Waals surface area contributed by atoms with E-state index in [1.54, 1.807) is 0 Å². The number of benzene rings is 1. The molecule has 1 N–H and O–H groups in total. The number of hydrogen-bond acceptors (Lipinski definition) is 2. The Hall–Kier alpha value is -1.06. The minimum absolute atomic E-state index is 0.121. The summed E-state index contributed by atoms with van der Waals surface area (Å²) in [5, 5.41) is 10.5. The molecule has 1 amide bonds. The summed E-state index contributed by atoms with van der Waals surface area (Å²) in [7, 11) is 0. The highest BCUT2D eigenvalue weighted by molar-refractivity contribution is 6.29. The van der Waals surface area contributed by atoms with E-state index in [4.69, 9.17) is 11.6 Å². The first-order chi connectivity index (χ1) is 10.1. The second-order valence-corrected chi connectivity index (χ2v) is 5.42. The molecule has 1 aromatic carbocycles. The zero-order valence-electron chi connectivity index (χ0n) is 13.2. The Morgan fingerprint density at radius 1 is 1.24 bits per heavy atom. The van der Waals surface area contributed by atoms with Crippen LogP contribution in [0.25, 0.3) is 0 Å². The van der Waals surface area contributed by atoms with Crippen molar-refractivity contribution in [2.24, 2.45) is 0 Å². The highest BCUT2D eigenvalue weighted by atomic mass is 35.5. The van der Waals surface area contributed by atoms with E-state index in [0.29, 0.717) is 6.42 Å². The number of anilines is 1. The summed E-state index contributed by atoms with van der Waals surface area (Å²) in [6, 6.07) is 6.02. The topological polar surface area (TPSA) is 40.5 Å². The quantitative estimate of drug-likeness (QED) is 0.584. The average molecular weight is 312 g/mol. The Morgan fingerprint density at radius 3 is 2.24 bits per heavy atom. The Balaban J connectivity index is 3.28. The zero-order chi connectivity index (χ0) is 15.8. The van der Waals surface area contributed by atoms with Crippen molar-refractivity contribution in [2.75, 3.05) is 10.8 Å². The molecule has 118 valence electrons. The zero-order valence-corrected chi connectivity index (χ0v) is 14.0. The standard InChI is InChI=1S/C17H26ClNO2/c1-4-7-11-15(20)19(16(21)12-18)17-13(5-2)9-8-10-14(17)6-3/h8-10,15,20H,4-7,11-12H2,1-3H3. The third-order valence-electron chi connectivity index (χ3n) is 3.70. The van der Waals surface area contributed by atoms with Crippen LogP contribution < -0.4 is 4.90 Å². The minimum Gasteiger partial charge on any atom is -0.373 e. The fraction of sp³-hybridized carbons (Fsp3) is 0.588. The number of nitrogens with zero attached hydrogens (tertiary/aromatic N) is 1. The number of aryl methyl sites for hydroxylation is 2. The van der Waals surface area contributed by atoms with Crippen LogP contribution in [-0.4, -0.2) is 23.1 Å². The van der Waals surface area contributed by atoms with Crippen LogP contribution in [0.2, 0.25) is 0 Å². The number of para-hydroxylation sites is 1. The van der Waals surface area contributed by atoms with Crippen molar-refractivity contribution in [3.8, 4) is 0 Å². The van der Waals surface area contributed by atoms with Gasteiger partial charge in [-0.15, -0.1) is 11.6 Å². The molecule has 1 atom stereocenters. The Bertz CT molecular complexity index is 440. The van der Waals surface area contributed by atoms with E-state index in [1.165, 1.54) is 4.90 Å². The Morgan fingerprint density at radius 2 is 1.81 bits per heavy atom. The molecule has 0 aliphatic heterocycles. The van der Waals surface area contributed by atoms with E-state index in [-0.39, 0.29) is 11.8 Å². The molecule has 0 heterocycles. The molecule has 0 spiro atoms. The van der Waals surface area contributed by atoms with Crippen molar-refractivity contribution in [1.29, 1.82) is 0 Å². The SMILES string of the molecule is CCCCC(O)N(C(=O)CCl)c1c(CC)cccc1CC. The van der Waals surface area contributed by atoms with Gasteiger partial charge in [0.2, 0.25) is 5.91 Å². The van der Waals surface area contributed by atoms with Crippen LogP contribution in [-0.2, 0) is 17.6 Å². The summed E-state index contributed by atoms with van der Waals surface area (Å²) in [6.07, 6.45) is 3.25. The molecule has 4 heteroatoms. The summed E-state index contributed by atoms with van der Waals surface area (Å²) in [6.45, 7) is 6.18. The molecule has 21 heavy (non-hydrogen) atoms. The second kappa shape index (κ2) is 9.06. The third-order valence-corrected chi connectivity index (χ3v) is 3.93. The maximum atomic E-state index is 12.3. The van der Waals surface area contributed by atoms with Crippen molar-refractivity contribution in [2.45, 2.75) is 59.1 Å². The van der Waals surface area contributed by atoms with Crippen molar-refractivity contribution in [3.63, 3.8) is 0 Å². The summed E-state index contributed by atoms with van der Waals surface area (Å²) in [4.78, 5) is 13.8. The number of halogens is 1. The molecule has 0 bridgehead atoms. The fourth-order valence-electron chi connectivity index (χ4n) is 2.54. The van der Waals surface area contributed by atoms with Gasteiger partial charge in [0.15, 0.2) is 0 Å². The number of aliphatic hydroxyl groups is 1. The fourth-order valence-corrected chi connectivity index (χ4v) is 2.67. The number of amides is 1. The van der Waals surface area contributed by atoms with Crippen molar-refractivity contribution >= 4 is 23.2 Å². The van der Waals surface area contributed by atoms with Gasteiger partial charge in [-0.05, 0) is 36.8 Å². The largest absolute Gasteiger partial charge is 0.373 e. The van der Waals surface area contributed by atoms with Crippen LogP contribution in [0.15, 0.2) is 18.2 Å². The van der Waals surface area contributed by atoms with Gasteiger partial charge in [0.05, 0.1) is 5.69 Å². The Labute approximate surface area is 132 Å². The van der Waals surface area contributed by atoms with Crippen molar-refractivity contribution in [3.05, 3.63) is 29.3 Å². The molecule has 0 fully saturated rings. The summed E-state index contributed by atoms with van der Waals surface area (Å²) in [5.41, 5.74) is 2.99. The van der Waals surface area contributed by atoms with Crippen LogP contribution in [0.3, 0.4) is 0 Å². The van der Waals surface area contributed by atoms with Crippen LogP contribution in [0.4, 0.5) is 5.69 Å². The summed E-state index contributed by atoms with van der Waals surface area (Å²) in [5.74, 6) is -0.361. The van der Waals surface area contributed by atoms with Gasteiger partial charge >= 0.3 is 0 Å². The minimum atomic E-state index is -0.811. The molecule has 3 nitrogen and oxygen atoms in total. The van der Waals surface area contributed by atoms with Gasteiger partial charge in [0.25, 0.3) is 0 Å². The molecule has 0 radical (unpaired) electrons. The maximum Gasteiger partial charge on any atom is 0.244 e. The highest BCUT2D eigenvalue weighted by Crippen LogP contribution is 2.29. The van der Waals surface area contributed by atoms with E-state index in [0.717, 1.165) is 42.5 Å². The first-order valence-electron chi connectivity index (χ1n) is 7.77. The number of carbonyl (C=O) groups is 1. The third kappa shape index (κ3) is 4.45.